The van der Waals surface area contributed by atoms with E-state index in [1.807, 2.05) is 96.5 Å². The highest BCUT2D eigenvalue weighted by molar-refractivity contribution is 7.13. The molecule has 0 bridgehead atoms. The first-order valence-electron chi connectivity index (χ1n) is 11.1. The number of nitrogens with zero attached hydrogens (tertiary/aromatic N) is 1. The van der Waals surface area contributed by atoms with Crippen LogP contribution in [0.5, 0.6) is 0 Å². The predicted octanol–water partition coefficient (Wildman–Crippen LogP) is 5.28. The summed E-state index contributed by atoms with van der Waals surface area (Å²) in [5.41, 5.74) is 6.47. The molecule has 3 aromatic carbocycles. The van der Waals surface area contributed by atoms with E-state index in [-0.39, 0.29) is 11.8 Å². The number of benzene rings is 3. The van der Waals surface area contributed by atoms with Gasteiger partial charge in [-0.15, -0.1) is 11.3 Å². The summed E-state index contributed by atoms with van der Waals surface area (Å²) in [6.07, 6.45) is 3.46. The van der Waals surface area contributed by atoms with Crippen molar-refractivity contribution < 1.29 is 9.59 Å². The fourth-order valence-electron chi connectivity index (χ4n) is 4.78. The second-order valence-electron chi connectivity index (χ2n) is 8.28. The maximum absolute atomic E-state index is 13.6. The molecule has 0 unspecified atom stereocenters. The van der Waals surface area contributed by atoms with Gasteiger partial charge in [-0.3, -0.25) is 9.59 Å². The van der Waals surface area contributed by atoms with Gasteiger partial charge in [-0.1, -0.05) is 78.9 Å². The lowest BCUT2D eigenvalue weighted by Crippen LogP contribution is -2.36. The van der Waals surface area contributed by atoms with Crippen molar-refractivity contribution >= 4 is 46.0 Å². The number of aromatic amines is 1. The van der Waals surface area contributed by atoms with Gasteiger partial charge in [-0.25, -0.2) is 5.43 Å². The van der Waals surface area contributed by atoms with Crippen LogP contribution in [0.1, 0.15) is 31.9 Å². The molecule has 170 valence electrons. The van der Waals surface area contributed by atoms with Crippen LogP contribution in [-0.4, -0.2) is 23.0 Å². The number of amides is 2. The second kappa shape index (κ2) is 8.38. The number of anilines is 1. The van der Waals surface area contributed by atoms with Gasteiger partial charge in [0.1, 0.15) is 10.3 Å². The minimum absolute atomic E-state index is 0.177. The van der Waals surface area contributed by atoms with Gasteiger partial charge in [-0.05, 0) is 22.6 Å². The van der Waals surface area contributed by atoms with E-state index in [0.29, 0.717) is 10.6 Å². The van der Waals surface area contributed by atoms with E-state index >= 15 is 0 Å². The van der Waals surface area contributed by atoms with E-state index in [2.05, 4.69) is 20.8 Å². The Morgan fingerprint density at radius 1 is 0.914 bits per heavy atom. The average molecular weight is 477 g/mol. The van der Waals surface area contributed by atoms with Crippen LogP contribution in [0.15, 0.2) is 102 Å². The molecule has 2 aromatic heterocycles. The third-order valence-electron chi connectivity index (χ3n) is 6.38. The van der Waals surface area contributed by atoms with E-state index in [4.69, 9.17) is 0 Å². The highest BCUT2D eigenvalue weighted by Crippen LogP contribution is 2.50. The highest BCUT2D eigenvalue weighted by atomic mass is 32.1. The smallest absolute Gasteiger partial charge is 0.283 e. The topological polar surface area (TPSA) is 86.3 Å². The summed E-state index contributed by atoms with van der Waals surface area (Å²) in [6, 6.07) is 27.2. The number of para-hydroxylation sites is 1. The summed E-state index contributed by atoms with van der Waals surface area (Å²) in [5.74, 6) is -0.548. The second-order valence-corrected chi connectivity index (χ2v) is 9.16. The number of H-pyrrole nitrogens is 1. The van der Waals surface area contributed by atoms with Gasteiger partial charge in [0.25, 0.3) is 5.91 Å². The molecule has 35 heavy (non-hydrogen) atoms. The summed E-state index contributed by atoms with van der Waals surface area (Å²) < 4.78 is 0. The molecule has 0 fully saturated rings. The lowest BCUT2D eigenvalue weighted by atomic mass is 9.71. The Labute approximate surface area is 205 Å². The molecule has 7 heteroatoms. The number of rotatable bonds is 5. The largest absolute Gasteiger partial charge is 0.361 e. The summed E-state index contributed by atoms with van der Waals surface area (Å²) in [4.78, 5) is 30.3. The van der Waals surface area contributed by atoms with Crippen molar-refractivity contribution in [3.63, 3.8) is 0 Å². The third kappa shape index (κ3) is 3.28. The normalized spacial score (nSPS) is 14.2. The zero-order valence-electron chi connectivity index (χ0n) is 18.5. The molecule has 3 N–H and O–H groups in total. The van der Waals surface area contributed by atoms with Crippen LogP contribution in [-0.2, 0) is 10.2 Å². The minimum Gasteiger partial charge on any atom is -0.361 e. The molecule has 6 rings (SSSR count). The van der Waals surface area contributed by atoms with E-state index in [0.717, 1.165) is 33.2 Å². The van der Waals surface area contributed by atoms with Crippen molar-refractivity contribution in [3.05, 3.63) is 124 Å². The monoisotopic (exact) mass is 476 g/mol. The van der Waals surface area contributed by atoms with Gasteiger partial charge in [0.2, 0.25) is 5.91 Å². The quantitative estimate of drug-likeness (QED) is 0.238. The van der Waals surface area contributed by atoms with Gasteiger partial charge in [0, 0.05) is 28.2 Å². The van der Waals surface area contributed by atoms with Crippen LogP contribution in [0.4, 0.5) is 5.69 Å². The SMILES string of the molecule is O=C(N/N=C/c1c[nH]c2ccccc12)c1scc2c1NC(=O)C2(c1ccccc1)c1ccccc1. The van der Waals surface area contributed by atoms with Crippen LogP contribution in [0.25, 0.3) is 10.9 Å². The van der Waals surface area contributed by atoms with Crippen LogP contribution in [0.2, 0.25) is 0 Å². The molecule has 1 aliphatic heterocycles. The first-order valence-corrected chi connectivity index (χ1v) is 12.0. The van der Waals surface area contributed by atoms with E-state index < -0.39 is 5.41 Å². The zero-order valence-corrected chi connectivity index (χ0v) is 19.3. The number of carbonyl (C=O) groups excluding carboxylic acids is 2. The molecule has 0 atom stereocenters. The fraction of sp³-hybridized carbons (Fsp3) is 0.0357. The van der Waals surface area contributed by atoms with Crippen molar-refractivity contribution in [2.24, 2.45) is 5.10 Å². The number of hydrogen-bond donors (Lipinski definition) is 3. The molecule has 0 saturated carbocycles. The first-order chi connectivity index (χ1) is 17.2. The maximum Gasteiger partial charge on any atom is 0.283 e. The van der Waals surface area contributed by atoms with E-state index in [9.17, 15) is 9.59 Å². The molecule has 1 aliphatic rings. The number of hydrazone groups is 1. The molecule has 6 nitrogen and oxygen atoms in total. The van der Waals surface area contributed by atoms with Crippen molar-refractivity contribution in [2.75, 3.05) is 5.32 Å². The summed E-state index contributed by atoms with van der Waals surface area (Å²) >= 11 is 1.30. The Bertz CT molecular complexity index is 1550. The molecule has 0 radical (unpaired) electrons. The number of thiophene rings is 1. The van der Waals surface area contributed by atoms with Crippen LogP contribution in [0.3, 0.4) is 0 Å². The standard InChI is InChI=1S/C28H20N4O2S/c33-26(32-30-16-18-15-29-23-14-8-7-13-21(18)23)25-24-22(17-35-25)28(27(34)31-24,19-9-3-1-4-10-19)20-11-5-2-6-12-20/h1-17,29H,(H,31,34)(H,32,33)/b30-16+. The highest BCUT2D eigenvalue weighted by Gasteiger charge is 2.51. The van der Waals surface area contributed by atoms with Gasteiger partial charge in [-0.2, -0.15) is 5.10 Å². The number of aromatic nitrogens is 1. The predicted molar refractivity (Wildman–Crippen MR) is 139 cm³/mol. The maximum atomic E-state index is 13.6. The Morgan fingerprint density at radius 2 is 1.57 bits per heavy atom. The van der Waals surface area contributed by atoms with Crippen molar-refractivity contribution in [1.29, 1.82) is 0 Å². The van der Waals surface area contributed by atoms with E-state index in [1.54, 1.807) is 6.21 Å². The van der Waals surface area contributed by atoms with Gasteiger partial charge < -0.3 is 10.3 Å². The van der Waals surface area contributed by atoms with E-state index in [1.165, 1.54) is 11.3 Å². The number of carbonyl (C=O) groups is 2. The zero-order chi connectivity index (χ0) is 23.8. The first kappa shape index (κ1) is 21.1. The lowest BCUT2D eigenvalue weighted by molar-refractivity contribution is -0.118. The van der Waals surface area contributed by atoms with Crippen LogP contribution < -0.4 is 10.7 Å². The Balaban J connectivity index is 1.36. The van der Waals surface area contributed by atoms with Gasteiger partial charge in [0.15, 0.2) is 0 Å². The molecule has 5 aromatic rings. The average Bonchev–Trinajstić information content (AvgIpc) is 3.58. The molecule has 3 heterocycles. The molecular formula is C28H20N4O2S. The minimum atomic E-state index is -1.03. The Hall–Kier alpha value is -4.49. The third-order valence-corrected chi connectivity index (χ3v) is 7.36. The van der Waals surface area contributed by atoms with Gasteiger partial charge in [0.05, 0.1) is 11.9 Å². The molecule has 0 spiro atoms. The van der Waals surface area contributed by atoms with Crippen molar-refractivity contribution in [3.8, 4) is 0 Å². The number of fused-ring (bicyclic) bond motifs is 2. The molecule has 0 saturated heterocycles. The lowest BCUT2D eigenvalue weighted by Gasteiger charge is -2.28. The fourth-order valence-corrected chi connectivity index (χ4v) is 5.74. The summed E-state index contributed by atoms with van der Waals surface area (Å²) in [6.45, 7) is 0. The van der Waals surface area contributed by atoms with Crippen LogP contribution in [0, 0.1) is 0 Å². The Kier molecular flexibility index (Phi) is 5.04. The van der Waals surface area contributed by atoms with Crippen molar-refractivity contribution in [2.45, 2.75) is 5.41 Å². The number of nitrogens with one attached hydrogen (secondary N) is 3. The Morgan fingerprint density at radius 3 is 2.29 bits per heavy atom. The van der Waals surface area contributed by atoms with Gasteiger partial charge >= 0.3 is 0 Å². The molecule has 0 aliphatic carbocycles. The van der Waals surface area contributed by atoms with Crippen LogP contribution >= 0.6 is 11.3 Å². The van der Waals surface area contributed by atoms with Crippen molar-refractivity contribution in [1.82, 2.24) is 10.4 Å². The number of hydrogen-bond acceptors (Lipinski definition) is 4. The summed E-state index contributed by atoms with van der Waals surface area (Å²) in [7, 11) is 0. The summed E-state index contributed by atoms with van der Waals surface area (Å²) in [5, 5.41) is 10.1. The molecule has 2 amide bonds. The molecular weight excluding hydrogens is 456 g/mol.